The number of sulfonamides is 1. The van der Waals surface area contributed by atoms with E-state index in [0.29, 0.717) is 5.56 Å². The van der Waals surface area contributed by atoms with Crippen molar-refractivity contribution in [3.63, 3.8) is 0 Å². The molecule has 1 aromatic carbocycles. The van der Waals surface area contributed by atoms with Crippen LogP contribution in [0, 0.1) is 6.92 Å². The molecule has 0 fully saturated rings. The highest BCUT2D eigenvalue weighted by Gasteiger charge is 2.29. The van der Waals surface area contributed by atoms with Crippen LogP contribution in [0.4, 0.5) is 0 Å². The molecule has 0 aliphatic carbocycles. The van der Waals surface area contributed by atoms with Gasteiger partial charge in [-0.25, -0.2) is 8.42 Å². The average Bonchev–Trinajstić information content (AvgIpc) is 2.26. The highest BCUT2D eigenvalue weighted by Crippen LogP contribution is 2.28. The van der Waals surface area contributed by atoms with Crippen LogP contribution in [-0.2, 0) is 14.8 Å². The van der Waals surface area contributed by atoms with E-state index >= 15 is 0 Å². The Morgan fingerprint density at radius 3 is 2.53 bits per heavy atom. The number of aryl methyl sites for hydroxylation is 1. The topological polar surface area (TPSA) is 80.5 Å². The van der Waals surface area contributed by atoms with Crippen molar-refractivity contribution in [2.45, 2.75) is 31.2 Å². The van der Waals surface area contributed by atoms with Crippen molar-refractivity contribution in [2.75, 3.05) is 7.05 Å². The van der Waals surface area contributed by atoms with Gasteiger partial charge in [0.05, 0.1) is 5.02 Å². The molecule has 5 nitrogen and oxygen atoms in total. The fourth-order valence-electron chi connectivity index (χ4n) is 1.74. The minimum Gasteiger partial charge on any atom is -0.370 e. The average molecular weight is 305 g/mol. The third-order valence-corrected chi connectivity index (χ3v) is 5.52. The summed E-state index contributed by atoms with van der Waals surface area (Å²) in [6.07, 6.45) is -0.0424. The Morgan fingerprint density at radius 2 is 2.05 bits per heavy atom. The molecule has 0 heterocycles. The fraction of sp³-hybridized carbons (Fsp3) is 0.417. The minimum atomic E-state index is -3.75. The van der Waals surface area contributed by atoms with Gasteiger partial charge in [0.15, 0.2) is 0 Å². The molecule has 1 amide bonds. The summed E-state index contributed by atoms with van der Waals surface area (Å²) in [6.45, 7) is 3.29. The Kier molecular flexibility index (Phi) is 4.95. The third kappa shape index (κ3) is 3.46. The lowest BCUT2D eigenvalue weighted by atomic mass is 10.2. The van der Waals surface area contributed by atoms with Crippen LogP contribution in [0.1, 0.15) is 18.9 Å². The van der Waals surface area contributed by atoms with Gasteiger partial charge in [-0.15, -0.1) is 0 Å². The fourth-order valence-corrected chi connectivity index (χ4v) is 3.88. The second kappa shape index (κ2) is 5.90. The number of nitrogens with two attached hydrogens (primary N) is 1. The number of carbonyl (C=O) groups is 1. The summed E-state index contributed by atoms with van der Waals surface area (Å²) < 4.78 is 26.1. The number of rotatable bonds is 5. The number of hydrogen-bond donors (Lipinski definition) is 1. The van der Waals surface area contributed by atoms with E-state index < -0.39 is 22.0 Å². The van der Waals surface area contributed by atoms with Crippen LogP contribution >= 0.6 is 11.6 Å². The van der Waals surface area contributed by atoms with E-state index in [4.69, 9.17) is 17.3 Å². The van der Waals surface area contributed by atoms with Gasteiger partial charge in [0.1, 0.15) is 4.90 Å². The summed E-state index contributed by atoms with van der Waals surface area (Å²) in [5.41, 5.74) is 5.65. The molecule has 1 atom stereocenters. The normalized spacial score (nSPS) is 13.5. The van der Waals surface area contributed by atoms with E-state index in [9.17, 15) is 13.2 Å². The molecule has 1 aromatic rings. The maximum Gasteiger partial charge on any atom is 0.244 e. The highest BCUT2D eigenvalue weighted by molar-refractivity contribution is 7.89. The maximum atomic E-state index is 12.5. The monoisotopic (exact) mass is 304 g/mol. The molecule has 0 aliphatic rings. The Labute approximate surface area is 118 Å². The molecule has 0 saturated carbocycles. The van der Waals surface area contributed by atoms with Crippen molar-refractivity contribution in [3.8, 4) is 0 Å². The molecule has 2 N–H and O–H groups in total. The van der Waals surface area contributed by atoms with Crippen molar-refractivity contribution in [1.29, 1.82) is 0 Å². The van der Waals surface area contributed by atoms with E-state index in [1.807, 2.05) is 0 Å². The van der Waals surface area contributed by atoms with Crippen LogP contribution in [0.15, 0.2) is 23.1 Å². The molecule has 106 valence electrons. The van der Waals surface area contributed by atoms with Crippen molar-refractivity contribution >= 4 is 27.5 Å². The van der Waals surface area contributed by atoms with Crippen LogP contribution in [0.2, 0.25) is 5.02 Å². The molecular weight excluding hydrogens is 288 g/mol. The van der Waals surface area contributed by atoms with Gasteiger partial charge in [-0.05, 0) is 25.5 Å². The van der Waals surface area contributed by atoms with E-state index in [1.165, 1.54) is 13.1 Å². The van der Waals surface area contributed by atoms with Crippen molar-refractivity contribution in [2.24, 2.45) is 5.73 Å². The van der Waals surface area contributed by atoms with Gasteiger partial charge >= 0.3 is 0 Å². The number of halogens is 1. The van der Waals surface area contributed by atoms with Gasteiger partial charge in [0, 0.05) is 19.5 Å². The molecule has 1 unspecified atom stereocenters. The quantitative estimate of drug-likeness (QED) is 0.896. The first-order valence-electron chi connectivity index (χ1n) is 5.69. The smallest absolute Gasteiger partial charge is 0.244 e. The van der Waals surface area contributed by atoms with Crippen LogP contribution in [-0.4, -0.2) is 31.7 Å². The molecular formula is C12H17ClN2O3S. The molecule has 0 radical (unpaired) electrons. The van der Waals surface area contributed by atoms with Crippen molar-refractivity contribution in [3.05, 3.63) is 28.8 Å². The zero-order chi connectivity index (χ0) is 14.8. The SMILES string of the molecule is Cc1cccc(Cl)c1S(=O)(=O)N(C)C(C)CC(N)=O. The van der Waals surface area contributed by atoms with Gasteiger partial charge in [0.2, 0.25) is 15.9 Å². The summed E-state index contributed by atoms with van der Waals surface area (Å²) >= 11 is 5.97. The number of hydrogen-bond acceptors (Lipinski definition) is 3. The Balaban J connectivity index is 3.21. The van der Waals surface area contributed by atoms with E-state index in [1.54, 1.807) is 26.0 Å². The number of carbonyl (C=O) groups excluding carboxylic acids is 1. The zero-order valence-corrected chi connectivity index (χ0v) is 12.6. The summed E-state index contributed by atoms with van der Waals surface area (Å²) in [7, 11) is -2.34. The van der Waals surface area contributed by atoms with Crippen LogP contribution in [0.25, 0.3) is 0 Å². The first-order chi connectivity index (χ1) is 8.67. The minimum absolute atomic E-state index is 0.0424. The van der Waals surface area contributed by atoms with E-state index in [-0.39, 0.29) is 16.3 Å². The van der Waals surface area contributed by atoms with Gasteiger partial charge in [-0.2, -0.15) is 4.31 Å². The summed E-state index contributed by atoms with van der Waals surface area (Å²) in [4.78, 5) is 11.0. The van der Waals surface area contributed by atoms with Crippen molar-refractivity contribution in [1.82, 2.24) is 4.31 Å². The van der Waals surface area contributed by atoms with Crippen molar-refractivity contribution < 1.29 is 13.2 Å². The zero-order valence-electron chi connectivity index (χ0n) is 11.1. The lowest BCUT2D eigenvalue weighted by Crippen LogP contribution is -2.38. The van der Waals surface area contributed by atoms with Gasteiger partial charge in [0.25, 0.3) is 0 Å². The molecule has 0 spiro atoms. The van der Waals surface area contributed by atoms with E-state index in [0.717, 1.165) is 4.31 Å². The second-order valence-corrected chi connectivity index (χ2v) is 6.77. The molecule has 0 bridgehead atoms. The number of primary amides is 1. The summed E-state index contributed by atoms with van der Waals surface area (Å²) in [5, 5.41) is 0.165. The summed E-state index contributed by atoms with van der Waals surface area (Å²) in [6, 6.07) is 4.35. The molecule has 0 aromatic heterocycles. The number of amides is 1. The highest BCUT2D eigenvalue weighted by atomic mass is 35.5. The lowest BCUT2D eigenvalue weighted by molar-refractivity contribution is -0.118. The Hall–Kier alpha value is -1.11. The van der Waals surface area contributed by atoms with E-state index in [2.05, 4.69) is 0 Å². The predicted octanol–water partition coefficient (Wildman–Crippen LogP) is 1.53. The van der Waals surface area contributed by atoms with Crippen LogP contribution in [0.5, 0.6) is 0 Å². The second-order valence-electron chi connectivity index (χ2n) is 4.43. The predicted molar refractivity (Wildman–Crippen MR) is 74.4 cm³/mol. The van der Waals surface area contributed by atoms with Gasteiger partial charge in [-0.1, -0.05) is 23.7 Å². The summed E-state index contributed by atoms with van der Waals surface area (Å²) in [5.74, 6) is -0.551. The number of benzene rings is 1. The van der Waals surface area contributed by atoms with Crippen LogP contribution < -0.4 is 5.73 Å². The van der Waals surface area contributed by atoms with Crippen LogP contribution in [0.3, 0.4) is 0 Å². The standard InChI is InChI=1S/C12H17ClN2O3S/c1-8-5-4-6-10(13)12(8)19(17,18)15(3)9(2)7-11(14)16/h4-6,9H,7H2,1-3H3,(H2,14,16). The maximum absolute atomic E-state index is 12.5. The third-order valence-electron chi connectivity index (χ3n) is 2.92. The molecule has 7 heteroatoms. The lowest BCUT2D eigenvalue weighted by Gasteiger charge is -2.24. The molecule has 19 heavy (non-hydrogen) atoms. The van der Waals surface area contributed by atoms with Gasteiger partial charge in [-0.3, -0.25) is 4.79 Å². The molecule has 0 saturated heterocycles. The Bertz CT molecular complexity index is 566. The molecule has 0 aliphatic heterocycles. The van der Waals surface area contributed by atoms with Gasteiger partial charge < -0.3 is 5.73 Å². The number of nitrogens with zero attached hydrogens (tertiary/aromatic N) is 1. The largest absolute Gasteiger partial charge is 0.370 e. The first kappa shape index (κ1) is 15.9. The first-order valence-corrected chi connectivity index (χ1v) is 7.51. The molecule has 1 rings (SSSR count). The Morgan fingerprint density at radius 1 is 1.47 bits per heavy atom.